The van der Waals surface area contributed by atoms with Crippen molar-refractivity contribution in [3.05, 3.63) is 0 Å². The molecule has 2 heteroatoms. The average molecular weight is 95.2 g/mol. The monoisotopic (exact) mass is 95.1 g/mol. The molecule has 0 unspecified atom stereocenters. The Morgan fingerprint density at radius 1 is 1.00 bits per heavy atom. The fraction of sp³-hybridized carbons (Fsp3) is 1.00. The van der Waals surface area contributed by atoms with Gasteiger partial charge in [-0.2, -0.15) is 0 Å². The summed E-state index contributed by atoms with van der Waals surface area (Å²) >= 11 is 0. The summed E-state index contributed by atoms with van der Waals surface area (Å²) < 4.78 is 1.00. The molecular formula is C4H14FN+2. The van der Waals surface area contributed by atoms with Crippen LogP contribution in [0, 0.1) is 0 Å². The van der Waals surface area contributed by atoms with Crippen LogP contribution in [0.15, 0.2) is 0 Å². The molecule has 1 nitrogen and oxygen atoms in total. The standard InChI is InChI=1S/C4H12N.FH/c1-5(2,3)4;/h1-4H3;1H/q+1;/p+1. The number of rotatable bonds is 0. The maximum Gasteiger partial charge on any atom is 1.00 e. The highest BCUT2D eigenvalue weighted by Gasteiger charge is 1.88. The lowest BCUT2D eigenvalue weighted by Crippen LogP contribution is -2.27. The van der Waals surface area contributed by atoms with Crippen molar-refractivity contribution in [1.29, 1.82) is 0 Å². The van der Waals surface area contributed by atoms with Gasteiger partial charge in [-0.1, -0.05) is 0 Å². The van der Waals surface area contributed by atoms with Crippen LogP contribution in [0.1, 0.15) is 1.43 Å². The molecule has 0 aliphatic carbocycles. The maximum absolute atomic E-state index is 2.12. The summed E-state index contributed by atoms with van der Waals surface area (Å²) in [6.45, 7) is 0. The van der Waals surface area contributed by atoms with Crippen molar-refractivity contribution in [3.63, 3.8) is 0 Å². The molecule has 0 aromatic rings. The Kier molecular flexibility index (Phi) is 3.31. The zero-order chi connectivity index (χ0) is 4.50. The third kappa shape index (κ3) is 2690. The van der Waals surface area contributed by atoms with E-state index in [9.17, 15) is 0 Å². The first-order chi connectivity index (χ1) is 2.00. The zero-order valence-electron chi connectivity index (χ0n) is 5.86. The van der Waals surface area contributed by atoms with E-state index in [4.69, 9.17) is 0 Å². The topological polar surface area (TPSA) is 0 Å². The molecule has 0 aromatic carbocycles. The van der Waals surface area contributed by atoms with Crippen molar-refractivity contribution >= 4 is 0 Å². The first-order valence-electron chi connectivity index (χ1n) is 1.79. The van der Waals surface area contributed by atoms with Gasteiger partial charge in [-0.25, -0.2) is 0 Å². The molecule has 40 valence electrons. The first kappa shape index (κ1) is 9.31. The van der Waals surface area contributed by atoms with Crippen molar-refractivity contribution in [1.82, 2.24) is 0 Å². The third-order valence-electron chi connectivity index (χ3n) is 0. The van der Waals surface area contributed by atoms with Crippen LogP contribution in [0.4, 0.5) is 4.70 Å². The van der Waals surface area contributed by atoms with E-state index in [0.29, 0.717) is 0 Å². The van der Waals surface area contributed by atoms with Gasteiger partial charge >= 0.3 is 1.43 Å². The second-order valence-corrected chi connectivity index (χ2v) is 2.68. The van der Waals surface area contributed by atoms with Gasteiger partial charge in [0.25, 0.3) is 0 Å². The predicted octanol–water partition coefficient (Wildman–Crippen LogP) is 0.587. The van der Waals surface area contributed by atoms with Gasteiger partial charge in [-0.15, -0.1) is 0 Å². The van der Waals surface area contributed by atoms with Gasteiger partial charge in [0.15, 0.2) is 0 Å². The summed E-state index contributed by atoms with van der Waals surface area (Å²) in [6.07, 6.45) is 0. The highest BCUT2D eigenvalue weighted by atomic mass is 19.0. The Morgan fingerprint density at radius 2 is 1.00 bits per heavy atom. The minimum atomic E-state index is 0. The Bertz CT molecular complexity index is 27.2. The number of halogens is 1. The molecule has 0 rings (SSSR count). The molecule has 0 spiro atoms. The van der Waals surface area contributed by atoms with Crippen LogP contribution in [0.25, 0.3) is 0 Å². The second kappa shape index (κ2) is 2.13. The maximum atomic E-state index is 2.12. The van der Waals surface area contributed by atoms with Gasteiger partial charge in [-0.3, -0.25) is 4.70 Å². The van der Waals surface area contributed by atoms with E-state index in [0.717, 1.165) is 4.48 Å². The Morgan fingerprint density at radius 3 is 1.00 bits per heavy atom. The van der Waals surface area contributed by atoms with E-state index in [1.54, 1.807) is 0 Å². The average Bonchev–Trinajstić information content (AvgIpc) is 0.722. The van der Waals surface area contributed by atoms with Crippen LogP contribution < -0.4 is 0 Å². The highest BCUT2D eigenvalue weighted by Crippen LogP contribution is 1.73. The van der Waals surface area contributed by atoms with Gasteiger partial charge in [0, 0.05) is 0 Å². The molecule has 0 radical (unpaired) electrons. The predicted molar refractivity (Wildman–Crippen MR) is 27.6 cm³/mol. The van der Waals surface area contributed by atoms with Gasteiger partial charge < -0.3 is 4.48 Å². The van der Waals surface area contributed by atoms with Crippen molar-refractivity contribution in [2.75, 3.05) is 28.2 Å². The van der Waals surface area contributed by atoms with Crippen LogP contribution >= 0.6 is 0 Å². The van der Waals surface area contributed by atoms with Crippen molar-refractivity contribution in [2.45, 2.75) is 0 Å². The van der Waals surface area contributed by atoms with Crippen molar-refractivity contribution in [2.24, 2.45) is 0 Å². The number of hydrogen-bond donors (Lipinski definition) is 0. The molecule has 0 fully saturated rings. The summed E-state index contributed by atoms with van der Waals surface area (Å²) in [6, 6.07) is 0. The number of nitrogens with zero attached hydrogens (tertiary/aromatic N) is 1. The molecular weight excluding hydrogens is 81.0 g/mol. The molecule has 6 heavy (non-hydrogen) atoms. The molecule has 0 N–H and O–H groups in total. The van der Waals surface area contributed by atoms with Crippen LogP contribution in [-0.4, -0.2) is 32.7 Å². The molecule has 0 saturated heterocycles. The summed E-state index contributed by atoms with van der Waals surface area (Å²) in [7, 11) is 8.50. The summed E-state index contributed by atoms with van der Waals surface area (Å²) in [4.78, 5) is 0. The fourth-order valence-corrected chi connectivity index (χ4v) is 0. The van der Waals surface area contributed by atoms with Gasteiger partial charge in [0.2, 0.25) is 0 Å². The smallest absolute Gasteiger partial charge is 0.333 e. The van der Waals surface area contributed by atoms with Crippen LogP contribution in [0.3, 0.4) is 0 Å². The number of quaternary nitrogens is 1. The van der Waals surface area contributed by atoms with Crippen LogP contribution in [0.2, 0.25) is 0 Å². The van der Waals surface area contributed by atoms with Crippen molar-refractivity contribution in [3.8, 4) is 0 Å². The first-order valence-corrected chi connectivity index (χ1v) is 1.79. The lowest BCUT2D eigenvalue weighted by atomic mass is 10.8. The molecule has 0 atom stereocenters. The van der Waals surface area contributed by atoms with E-state index in [2.05, 4.69) is 28.2 Å². The Balaban J connectivity index is -0.0000000800. The lowest BCUT2D eigenvalue weighted by Gasteiger charge is -2.14. The SMILES string of the molecule is C[N+](C)(C)C.F.[H+]. The highest BCUT2D eigenvalue weighted by molar-refractivity contribution is 3.87. The molecule has 0 bridgehead atoms. The minimum absolute atomic E-state index is 0. The fourth-order valence-electron chi connectivity index (χ4n) is 0. The van der Waals surface area contributed by atoms with E-state index in [1.165, 1.54) is 0 Å². The Hall–Kier alpha value is -0.110. The van der Waals surface area contributed by atoms with Crippen LogP contribution in [-0.2, 0) is 0 Å². The largest absolute Gasteiger partial charge is 1.00 e. The summed E-state index contributed by atoms with van der Waals surface area (Å²) in [5.41, 5.74) is 0. The summed E-state index contributed by atoms with van der Waals surface area (Å²) in [5.74, 6) is 0. The normalized spacial score (nSPS) is 10.0. The van der Waals surface area contributed by atoms with Gasteiger partial charge in [0.1, 0.15) is 0 Å². The molecule has 0 aliphatic heterocycles. The molecule has 0 amide bonds. The van der Waals surface area contributed by atoms with Gasteiger partial charge in [0.05, 0.1) is 28.2 Å². The van der Waals surface area contributed by atoms with Gasteiger partial charge in [-0.05, 0) is 0 Å². The molecule has 0 saturated carbocycles. The summed E-state index contributed by atoms with van der Waals surface area (Å²) in [5, 5.41) is 0. The molecule has 0 heterocycles. The quantitative estimate of drug-likeness (QED) is 0.386. The van der Waals surface area contributed by atoms with E-state index >= 15 is 0 Å². The number of hydrogen-bond acceptors (Lipinski definition) is 0. The Labute approximate surface area is 40.0 Å². The van der Waals surface area contributed by atoms with E-state index < -0.39 is 0 Å². The van der Waals surface area contributed by atoms with E-state index in [1.807, 2.05) is 0 Å². The lowest BCUT2D eigenvalue weighted by molar-refractivity contribution is -0.849. The van der Waals surface area contributed by atoms with Crippen molar-refractivity contribution < 1.29 is 10.6 Å². The van der Waals surface area contributed by atoms with E-state index in [-0.39, 0.29) is 6.13 Å². The molecule has 0 aliphatic rings. The zero-order valence-corrected chi connectivity index (χ0v) is 4.86. The molecule has 0 aromatic heterocycles. The second-order valence-electron chi connectivity index (χ2n) is 2.68. The minimum Gasteiger partial charge on any atom is -0.333 e. The third-order valence-corrected chi connectivity index (χ3v) is 0. The van der Waals surface area contributed by atoms with Crippen LogP contribution in [0.5, 0.6) is 0 Å².